The van der Waals surface area contributed by atoms with E-state index in [2.05, 4.69) is 62.4 Å². The van der Waals surface area contributed by atoms with E-state index in [1.54, 1.807) is 35.6 Å². The summed E-state index contributed by atoms with van der Waals surface area (Å²) in [6.45, 7) is 0. The van der Waals surface area contributed by atoms with Gasteiger partial charge in [-0.05, 0) is 90.4 Å². The minimum Gasteiger partial charge on any atom is -0.252 e. The van der Waals surface area contributed by atoms with E-state index in [4.69, 9.17) is 4.98 Å². The second-order valence-electron chi connectivity index (χ2n) is 10.3. The van der Waals surface area contributed by atoms with Crippen LogP contribution in [0.5, 0.6) is 0 Å². The van der Waals surface area contributed by atoms with E-state index in [1.165, 1.54) is 29.0 Å². The molecule has 0 unspecified atom stereocenters. The Kier molecular flexibility index (Phi) is 6.04. The van der Waals surface area contributed by atoms with Gasteiger partial charge in [0.25, 0.3) is 0 Å². The zero-order valence-corrected chi connectivity index (χ0v) is 23.8. The van der Waals surface area contributed by atoms with Crippen LogP contribution in [0, 0.1) is 11.6 Å². The first kappa shape index (κ1) is 25.2. The molecular formula is C32H22F2N6S2. The Bertz CT molecular complexity index is 2090. The number of benzene rings is 4. The fourth-order valence-corrected chi connectivity index (χ4v) is 7.27. The number of hydrogen-bond donors (Lipinski definition) is 2. The van der Waals surface area contributed by atoms with Crippen LogP contribution in [0.3, 0.4) is 0 Å². The Morgan fingerprint density at radius 2 is 1.31 bits per heavy atom. The third-order valence-electron chi connectivity index (χ3n) is 7.72. The van der Waals surface area contributed by atoms with Gasteiger partial charge in [0.15, 0.2) is 0 Å². The first-order valence-electron chi connectivity index (χ1n) is 13.6. The molecule has 2 aliphatic carbocycles. The van der Waals surface area contributed by atoms with Crippen LogP contribution < -0.4 is 10.9 Å². The van der Waals surface area contributed by atoms with Crippen molar-refractivity contribution in [2.24, 2.45) is 10.2 Å². The molecular weight excluding hydrogens is 571 g/mol. The van der Waals surface area contributed by atoms with Gasteiger partial charge in [0.05, 0.1) is 31.9 Å². The lowest BCUT2D eigenvalue weighted by Crippen LogP contribution is -1.99. The Morgan fingerprint density at radius 1 is 0.643 bits per heavy atom. The summed E-state index contributed by atoms with van der Waals surface area (Å²) in [4.78, 5) is 9.22. The molecule has 0 bridgehead atoms. The maximum absolute atomic E-state index is 14.0. The Labute approximate surface area is 247 Å². The summed E-state index contributed by atoms with van der Waals surface area (Å²) < 4.78 is 29.2. The van der Waals surface area contributed by atoms with Crippen molar-refractivity contribution < 1.29 is 8.78 Å². The summed E-state index contributed by atoms with van der Waals surface area (Å²) in [5.41, 5.74) is 16.2. The number of nitrogens with zero attached hydrogens (tertiary/aromatic N) is 4. The number of aromatic nitrogens is 2. The second kappa shape index (κ2) is 10.1. The molecule has 0 radical (unpaired) electrons. The summed E-state index contributed by atoms with van der Waals surface area (Å²) in [5, 5.41) is 10.5. The molecule has 0 saturated carbocycles. The molecule has 2 aliphatic rings. The molecule has 2 aromatic heterocycles. The standard InChI is InChI=1S/C32H22F2N6S2/c33-21-8-10-23-20(15-21)6-12-26(23)37-39-31-36-28-16-18(7-13-29(28)41-31)17-4-9-22-19(14-17)5-11-25(22)38-40-32-35-27-3-1-2-24(34)30(27)42-32/h1-4,7-10,13-16H,5-6,11-12H2,(H,35,40)(H,36,39)/b37-26-,38-25-. The monoisotopic (exact) mass is 592 g/mol. The normalized spacial score (nSPS) is 16.0. The highest BCUT2D eigenvalue weighted by Crippen LogP contribution is 2.34. The van der Waals surface area contributed by atoms with Gasteiger partial charge in [-0.2, -0.15) is 10.2 Å². The quantitative estimate of drug-likeness (QED) is 0.197. The first-order chi connectivity index (χ1) is 20.6. The largest absolute Gasteiger partial charge is 0.252 e. The average molecular weight is 593 g/mol. The molecule has 42 heavy (non-hydrogen) atoms. The Hall–Kier alpha value is -4.54. The number of fused-ring (bicyclic) bond motifs is 4. The maximum atomic E-state index is 14.0. The fraction of sp³-hybridized carbons (Fsp3) is 0.125. The lowest BCUT2D eigenvalue weighted by atomic mass is 10.00. The van der Waals surface area contributed by atoms with Crippen LogP contribution in [-0.2, 0) is 12.8 Å². The number of aryl methyl sites for hydroxylation is 2. The van der Waals surface area contributed by atoms with Crippen LogP contribution in [0.1, 0.15) is 35.1 Å². The second-order valence-corrected chi connectivity index (χ2v) is 12.4. The van der Waals surface area contributed by atoms with Crippen LogP contribution in [0.2, 0.25) is 0 Å². The topological polar surface area (TPSA) is 74.6 Å². The molecule has 2 N–H and O–H groups in total. The van der Waals surface area contributed by atoms with Crippen molar-refractivity contribution in [2.45, 2.75) is 25.7 Å². The molecule has 6 nitrogen and oxygen atoms in total. The van der Waals surface area contributed by atoms with Gasteiger partial charge < -0.3 is 0 Å². The number of nitrogens with one attached hydrogen (secondary N) is 2. The average Bonchev–Trinajstić information content (AvgIpc) is 3.78. The SMILES string of the molecule is Fc1ccc2c(c1)CC/C2=N/Nc1nc2cc(-c3ccc4c(c3)CC/C4=N/Nc3nc4cccc(F)c4s3)ccc2s1. The molecule has 2 heterocycles. The first-order valence-corrected chi connectivity index (χ1v) is 15.2. The number of hydrazone groups is 2. The van der Waals surface area contributed by atoms with Gasteiger partial charge in [0.1, 0.15) is 11.6 Å². The van der Waals surface area contributed by atoms with Crippen LogP contribution in [0.15, 0.2) is 83.0 Å². The lowest BCUT2D eigenvalue weighted by Gasteiger charge is -2.06. The van der Waals surface area contributed by atoms with Gasteiger partial charge in [0.2, 0.25) is 10.3 Å². The molecule has 8 rings (SSSR count). The van der Waals surface area contributed by atoms with E-state index in [0.29, 0.717) is 15.3 Å². The number of hydrogen-bond acceptors (Lipinski definition) is 8. The van der Waals surface area contributed by atoms with E-state index in [0.717, 1.165) is 80.3 Å². The molecule has 10 heteroatoms. The molecule has 0 spiro atoms. The van der Waals surface area contributed by atoms with Gasteiger partial charge in [-0.3, -0.25) is 10.9 Å². The summed E-state index contributed by atoms with van der Waals surface area (Å²) in [7, 11) is 0. The molecule has 0 fully saturated rings. The van der Waals surface area contributed by atoms with Crippen molar-refractivity contribution in [3.63, 3.8) is 0 Å². The minimum absolute atomic E-state index is 0.210. The third kappa shape index (κ3) is 4.53. The van der Waals surface area contributed by atoms with Crippen molar-refractivity contribution in [1.82, 2.24) is 9.97 Å². The number of halogens is 2. The highest BCUT2D eigenvalue weighted by molar-refractivity contribution is 7.22. The molecule has 4 aromatic carbocycles. The van der Waals surface area contributed by atoms with Crippen molar-refractivity contribution in [1.29, 1.82) is 0 Å². The van der Waals surface area contributed by atoms with E-state index >= 15 is 0 Å². The number of thiazole rings is 2. The zero-order chi connectivity index (χ0) is 28.2. The van der Waals surface area contributed by atoms with Gasteiger partial charge >= 0.3 is 0 Å². The summed E-state index contributed by atoms with van der Waals surface area (Å²) in [6.07, 6.45) is 3.31. The molecule has 0 saturated heterocycles. The van der Waals surface area contributed by atoms with Crippen molar-refractivity contribution in [2.75, 3.05) is 10.9 Å². The number of anilines is 2. The zero-order valence-electron chi connectivity index (χ0n) is 22.1. The van der Waals surface area contributed by atoms with E-state index in [9.17, 15) is 8.78 Å². The highest BCUT2D eigenvalue weighted by atomic mass is 32.1. The van der Waals surface area contributed by atoms with Crippen molar-refractivity contribution in [3.05, 3.63) is 107 Å². The van der Waals surface area contributed by atoms with Gasteiger partial charge in [-0.25, -0.2) is 18.7 Å². The summed E-state index contributed by atoms with van der Waals surface area (Å²) in [6, 6.07) is 22.6. The molecule has 0 amide bonds. The molecule has 0 atom stereocenters. The fourth-order valence-electron chi connectivity index (χ4n) is 5.67. The van der Waals surface area contributed by atoms with Crippen LogP contribution in [-0.4, -0.2) is 21.4 Å². The molecule has 0 aliphatic heterocycles. The van der Waals surface area contributed by atoms with Gasteiger partial charge in [-0.1, -0.05) is 53.0 Å². The molecule has 206 valence electrons. The summed E-state index contributed by atoms with van der Waals surface area (Å²) >= 11 is 2.82. The van der Waals surface area contributed by atoms with Crippen molar-refractivity contribution in [3.8, 4) is 11.1 Å². The van der Waals surface area contributed by atoms with E-state index < -0.39 is 0 Å². The minimum atomic E-state index is -0.268. The van der Waals surface area contributed by atoms with Crippen molar-refractivity contribution >= 4 is 64.8 Å². The maximum Gasteiger partial charge on any atom is 0.204 e. The predicted molar refractivity (Wildman–Crippen MR) is 168 cm³/mol. The Balaban J connectivity index is 1.00. The van der Waals surface area contributed by atoms with Gasteiger partial charge in [-0.15, -0.1) is 0 Å². The van der Waals surface area contributed by atoms with Crippen LogP contribution in [0.4, 0.5) is 19.0 Å². The smallest absolute Gasteiger partial charge is 0.204 e. The highest BCUT2D eigenvalue weighted by Gasteiger charge is 2.20. The number of rotatable bonds is 5. The van der Waals surface area contributed by atoms with Crippen LogP contribution in [0.25, 0.3) is 31.6 Å². The summed E-state index contributed by atoms with van der Waals surface area (Å²) in [5.74, 6) is -0.478. The predicted octanol–water partition coefficient (Wildman–Crippen LogP) is 8.38. The third-order valence-corrected chi connectivity index (χ3v) is 9.64. The van der Waals surface area contributed by atoms with Gasteiger partial charge in [0, 0.05) is 11.1 Å². The van der Waals surface area contributed by atoms with Crippen LogP contribution >= 0.6 is 22.7 Å². The Morgan fingerprint density at radius 3 is 2.10 bits per heavy atom. The van der Waals surface area contributed by atoms with E-state index in [-0.39, 0.29) is 11.6 Å². The van der Waals surface area contributed by atoms with E-state index in [1.807, 2.05) is 0 Å². The lowest BCUT2D eigenvalue weighted by molar-refractivity contribution is 0.626. The molecule has 6 aromatic rings.